The number of hydrogen-bond acceptors (Lipinski definition) is 3. The van der Waals surface area contributed by atoms with Crippen LogP contribution in [0.1, 0.15) is 34.1 Å². The van der Waals surface area contributed by atoms with Crippen LogP contribution in [0.15, 0.2) is 12.4 Å². The summed E-state index contributed by atoms with van der Waals surface area (Å²) in [7, 11) is 0. The summed E-state index contributed by atoms with van der Waals surface area (Å²) in [6.07, 6.45) is 3.94. The van der Waals surface area contributed by atoms with Gasteiger partial charge >= 0.3 is 6.03 Å². The second kappa shape index (κ2) is 6.56. The molecule has 0 saturated carbocycles. The molecule has 0 aliphatic carbocycles. The van der Waals surface area contributed by atoms with Crippen LogP contribution in [0.25, 0.3) is 0 Å². The van der Waals surface area contributed by atoms with Gasteiger partial charge in [0.15, 0.2) is 0 Å². The zero-order valence-corrected chi connectivity index (χ0v) is 12.1. The first kappa shape index (κ1) is 15.5. The molecule has 0 aliphatic rings. The lowest BCUT2D eigenvalue weighted by atomic mass is 10.0. The number of anilines is 1. The Morgan fingerprint density at radius 3 is 2.79 bits per heavy atom. The van der Waals surface area contributed by atoms with E-state index in [0.717, 1.165) is 6.54 Å². The predicted molar refractivity (Wildman–Crippen MR) is 75.0 cm³/mol. The highest BCUT2D eigenvalue weighted by Gasteiger charge is 2.19. The Balaban J connectivity index is 2.50. The maximum Gasteiger partial charge on any atom is 0.319 e. The monoisotopic (exact) mass is 268 g/mol. The Kier molecular flexibility index (Phi) is 5.35. The molecule has 0 atom stereocenters. The molecule has 0 bridgehead atoms. The molecule has 108 valence electrons. The molecule has 1 aromatic heterocycles. The van der Waals surface area contributed by atoms with Crippen LogP contribution in [0, 0.1) is 5.92 Å². The number of aromatic nitrogens is 2. The highest BCUT2D eigenvalue weighted by Crippen LogP contribution is 2.10. The summed E-state index contributed by atoms with van der Waals surface area (Å²) in [5.74, 6) is 0.505. The summed E-state index contributed by atoms with van der Waals surface area (Å²) in [5.41, 5.74) is 0.227. The van der Waals surface area contributed by atoms with Crippen LogP contribution >= 0.6 is 0 Å². The lowest BCUT2D eigenvalue weighted by Gasteiger charge is -2.25. The minimum absolute atomic E-state index is 0.0413. The Labute approximate surface area is 114 Å². The highest BCUT2D eigenvalue weighted by atomic mass is 16.3. The number of carbonyl (C=O) groups excluding carboxylic acids is 1. The van der Waals surface area contributed by atoms with Crippen molar-refractivity contribution in [2.24, 2.45) is 5.92 Å². The van der Waals surface area contributed by atoms with Gasteiger partial charge in [0, 0.05) is 24.9 Å². The zero-order valence-electron chi connectivity index (χ0n) is 12.1. The fraction of sp³-hybridized carbons (Fsp3) is 0.692. The number of rotatable bonds is 6. The van der Waals surface area contributed by atoms with E-state index in [9.17, 15) is 4.79 Å². The largest absolute Gasteiger partial charge is 0.396 e. The summed E-state index contributed by atoms with van der Waals surface area (Å²) in [6, 6.07) is -0.289. The van der Waals surface area contributed by atoms with Gasteiger partial charge in [0.05, 0.1) is 11.9 Å². The Morgan fingerprint density at radius 2 is 2.21 bits per heavy atom. The molecule has 1 aromatic rings. The quantitative estimate of drug-likeness (QED) is 0.736. The third-order valence-electron chi connectivity index (χ3n) is 2.63. The molecule has 0 saturated heterocycles. The lowest BCUT2D eigenvalue weighted by molar-refractivity contribution is 0.218. The van der Waals surface area contributed by atoms with Gasteiger partial charge in [0.25, 0.3) is 0 Å². The molecule has 19 heavy (non-hydrogen) atoms. The van der Waals surface area contributed by atoms with Crippen molar-refractivity contribution in [2.75, 3.05) is 11.9 Å². The molecule has 0 fully saturated rings. The molecule has 1 heterocycles. The molecular weight excluding hydrogens is 244 g/mol. The van der Waals surface area contributed by atoms with Crippen LogP contribution in [0.2, 0.25) is 0 Å². The second-order valence-corrected chi connectivity index (χ2v) is 5.78. The third-order valence-corrected chi connectivity index (χ3v) is 2.63. The van der Waals surface area contributed by atoms with Crippen LogP contribution in [0.5, 0.6) is 0 Å². The van der Waals surface area contributed by atoms with Crippen LogP contribution in [-0.4, -0.2) is 33.1 Å². The number of nitrogens with zero attached hydrogens (tertiary/aromatic N) is 2. The van der Waals surface area contributed by atoms with E-state index in [2.05, 4.69) is 29.6 Å². The van der Waals surface area contributed by atoms with E-state index in [-0.39, 0.29) is 12.6 Å². The van der Waals surface area contributed by atoms with Gasteiger partial charge in [-0.3, -0.25) is 4.68 Å². The molecule has 0 aromatic carbocycles. The van der Waals surface area contributed by atoms with Gasteiger partial charge in [-0.15, -0.1) is 0 Å². The van der Waals surface area contributed by atoms with E-state index in [0.29, 0.717) is 18.0 Å². The average molecular weight is 268 g/mol. The van der Waals surface area contributed by atoms with E-state index < -0.39 is 5.54 Å². The number of hydrogen-bond donors (Lipinski definition) is 3. The number of aliphatic hydroxyl groups is 1. The SMILES string of the molecule is CC(C)Cn1cc(NC(=O)NC(C)(C)CCO)cn1. The van der Waals surface area contributed by atoms with E-state index in [1.54, 1.807) is 17.1 Å². The topological polar surface area (TPSA) is 79.2 Å². The van der Waals surface area contributed by atoms with Crippen LogP contribution in [0.3, 0.4) is 0 Å². The van der Waals surface area contributed by atoms with Gasteiger partial charge in [-0.1, -0.05) is 13.8 Å². The normalized spacial score (nSPS) is 11.7. The van der Waals surface area contributed by atoms with Gasteiger partial charge < -0.3 is 15.7 Å². The van der Waals surface area contributed by atoms with Gasteiger partial charge in [-0.2, -0.15) is 5.10 Å². The number of nitrogens with one attached hydrogen (secondary N) is 2. The summed E-state index contributed by atoms with van der Waals surface area (Å²) in [5, 5.41) is 18.6. The van der Waals surface area contributed by atoms with Gasteiger partial charge in [0.1, 0.15) is 0 Å². The van der Waals surface area contributed by atoms with Crippen molar-refractivity contribution in [3.05, 3.63) is 12.4 Å². The van der Waals surface area contributed by atoms with Crippen LogP contribution in [-0.2, 0) is 6.54 Å². The molecule has 3 N–H and O–H groups in total. The standard InChI is InChI=1S/C13H24N4O2/c1-10(2)8-17-9-11(7-14-17)15-12(19)16-13(3,4)5-6-18/h7,9-10,18H,5-6,8H2,1-4H3,(H2,15,16,19). The van der Waals surface area contributed by atoms with Gasteiger partial charge in [0.2, 0.25) is 0 Å². The van der Waals surface area contributed by atoms with Gasteiger partial charge in [-0.25, -0.2) is 4.79 Å². The molecule has 2 amide bonds. The zero-order chi connectivity index (χ0) is 14.5. The molecule has 0 unspecified atom stereocenters. The number of amides is 2. The Morgan fingerprint density at radius 1 is 1.53 bits per heavy atom. The van der Waals surface area contributed by atoms with E-state index in [1.165, 1.54) is 0 Å². The van der Waals surface area contributed by atoms with E-state index in [4.69, 9.17) is 5.11 Å². The number of carbonyl (C=O) groups is 1. The molecule has 1 rings (SSSR count). The van der Waals surface area contributed by atoms with Crippen molar-refractivity contribution in [3.8, 4) is 0 Å². The maximum absolute atomic E-state index is 11.8. The maximum atomic E-state index is 11.8. The first-order valence-corrected chi connectivity index (χ1v) is 6.55. The summed E-state index contributed by atoms with van der Waals surface area (Å²) in [4.78, 5) is 11.8. The van der Waals surface area contributed by atoms with Crippen molar-refractivity contribution in [3.63, 3.8) is 0 Å². The van der Waals surface area contributed by atoms with Crippen LogP contribution < -0.4 is 10.6 Å². The lowest BCUT2D eigenvalue weighted by Crippen LogP contribution is -2.46. The summed E-state index contributed by atoms with van der Waals surface area (Å²) in [6.45, 7) is 8.81. The number of urea groups is 1. The first-order chi connectivity index (χ1) is 8.82. The Hall–Kier alpha value is -1.56. The van der Waals surface area contributed by atoms with E-state index >= 15 is 0 Å². The van der Waals surface area contributed by atoms with Crippen molar-refractivity contribution in [1.82, 2.24) is 15.1 Å². The fourth-order valence-electron chi connectivity index (χ4n) is 1.71. The van der Waals surface area contributed by atoms with Crippen molar-refractivity contribution in [2.45, 2.75) is 46.2 Å². The average Bonchev–Trinajstić information content (AvgIpc) is 2.62. The molecule has 0 aliphatic heterocycles. The van der Waals surface area contributed by atoms with Crippen LogP contribution in [0.4, 0.5) is 10.5 Å². The molecule has 6 heteroatoms. The van der Waals surface area contributed by atoms with Crippen molar-refractivity contribution in [1.29, 1.82) is 0 Å². The smallest absolute Gasteiger partial charge is 0.319 e. The molecule has 0 radical (unpaired) electrons. The van der Waals surface area contributed by atoms with E-state index in [1.807, 2.05) is 13.8 Å². The minimum atomic E-state index is -0.438. The fourth-order valence-corrected chi connectivity index (χ4v) is 1.71. The second-order valence-electron chi connectivity index (χ2n) is 5.78. The molecule has 0 spiro atoms. The summed E-state index contributed by atoms with van der Waals surface area (Å²) >= 11 is 0. The van der Waals surface area contributed by atoms with Gasteiger partial charge in [-0.05, 0) is 26.2 Å². The predicted octanol–water partition coefficient (Wildman–Crippen LogP) is 1.82. The highest BCUT2D eigenvalue weighted by molar-refractivity contribution is 5.89. The molecular formula is C13H24N4O2. The van der Waals surface area contributed by atoms with Crippen molar-refractivity contribution < 1.29 is 9.90 Å². The first-order valence-electron chi connectivity index (χ1n) is 6.55. The number of aliphatic hydroxyl groups excluding tert-OH is 1. The molecule has 6 nitrogen and oxygen atoms in total. The Bertz CT molecular complexity index is 413. The third kappa shape index (κ3) is 5.74. The summed E-state index contributed by atoms with van der Waals surface area (Å²) < 4.78 is 1.80. The minimum Gasteiger partial charge on any atom is -0.396 e. The van der Waals surface area contributed by atoms with Crippen molar-refractivity contribution >= 4 is 11.7 Å².